The lowest BCUT2D eigenvalue weighted by atomic mass is 10.00. The average molecular weight is 397 g/mol. The van der Waals surface area contributed by atoms with Crippen molar-refractivity contribution in [2.45, 2.75) is 37.4 Å². The number of hydrogen-bond acceptors (Lipinski definition) is 9. The first-order valence-corrected chi connectivity index (χ1v) is 9.88. The van der Waals surface area contributed by atoms with Gasteiger partial charge in [0.1, 0.15) is 18.0 Å². The number of rotatable bonds is 7. The fraction of sp³-hybridized carbons (Fsp3) is 0.667. The summed E-state index contributed by atoms with van der Waals surface area (Å²) in [6, 6.07) is 1.39. The molecule has 1 saturated heterocycles. The van der Waals surface area contributed by atoms with Crippen LogP contribution < -0.4 is 11.4 Å². The molecule has 1 aromatic rings. The van der Waals surface area contributed by atoms with Gasteiger partial charge in [-0.25, -0.2) is 14.6 Å². The maximum atomic E-state index is 12.3. The highest BCUT2D eigenvalue weighted by Gasteiger charge is 2.59. The monoisotopic (exact) mass is 397 g/mol. The SMILES string of the molecule is CC[C@@]1(n2ccc(N)nc2=O)O[C@H](CO)[C@@H](OP(O)(O)=S)[C@H]1OOC. The van der Waals surface area contributed by atoms with Crippen LogP contribution in [0.1, 0.15) is 13.3 Å². The maximum absolute atomic E-state index is 12.3. The topological polar surface area (TPSA) is 159 Å². The molecule has 0 aromatic carbocycles. The van der Waals surface area contributed by atoms with Gasteiger partial charge in [0.2, 0.25) is 0 Å². The molecule has 0 spiro atoms. The van der Waals surface area contributed by atoms with Crippen molar-refractivity contribution in [3.8, 4) is 0 Å². The van der Waals surface area contributed by atoms with Crippen LogP contribution in [0, 0.1) is 0 Å². The molecule has 142 valence electrons. The Kier molecular flexibility index (Phi) is 6.30. The zero-order chi connectivity index (χ0) is 18.8. The van der Waals surface area contributed by atoms with E-state index in [1.54, 1.807) is 6.92 Å². The molecule has 25 heavy (non-hydrogen) atoms. The highest BCUT2D eigenvalue weighted by molar-refractivity contribution is 8.06. The van der Waals surface area contributed by atoms with E-state index in [2.05, 4.69) is 16.8 Å². The Balaban J connectivity index is 2.58. The molecule has 5 N–H and O–H groups in total. The van der Waals surface area contributed by atoms with Gasteiger partial charge in [-0.05, 0) is 24.3 Å². The first-order valence-electron chi connectivity index (χ1n) is 7.26. The van der Waals surface area contributed by atoms with E-state index < -0.39 is 43.1 Å². The number of anilines is 1. The van der Waals surface area contributed by atoms with Gasteiger partial charge in [0.15, 0.2) is 11.8 Å². The van der Waals surface area contributed by atoms with Gasteiger partial charge in [0.05, 0.1) is 13.7 Å². The van der Waals surface area contributed by atoms with Crippen LogP contribution in [-0.2, 0) is 36.6 Å². The molecule has 0 aliphatic carbocycles. The molecule has 0 bridgehead atoms. The molecule has 0 radical (unpaired) electrons. The van der Waals surface area contributed by atoms with Crippen LogP contribution in [0.3, 0.4) is 0 Å². The highest BCUT2D eigenvalue weighted by Crippen LogP contribution is 2.47. The summed E-state index contributed by atoms with van der Waals surface area (Å²) in [6.45, 7) is -2.98. The predicted octanol–water partition coefficient (Wildman–Crippen LogP) is -1.18. The van der Waals surface area contributed by atoms with Crippen molar-refractivity contribution >= 4 is 24.3 Å². The van der Waals surface area contributed by atoms with Gasteiger partial charge in [-0.1, -0.05) is 6.92 Å². The molecule has 13 heteroatoms. The van der Waals surface area contributed by atoms with Gasteiger partial charge in [-0.15, -0.1) is 0 Å². The van der Waals surface area contributed by atoms with Crippen LogP contribution in [0.5, 0.6) is 0 Å². The van der Waals surface area contributed by atoms with E-state index in [0.717, 1.165) is 4.57 Å². The van der Waals surface area contributed by atoms with Gasteiger partial charge in [0, 0.05) is 6.20 Å². The fourth-order valence-corrected chi connectivity index (χ4v) is 3.72. The molecular formula is C12H20N3O8PS. The maximum Gasteiger partial charge on any atom is 0.351 e. The third kappa shape index (κ3) is 4.08. The lowest BCUT2D eigenvalue weighted by Gasteiger charge is -2.34. The second-order valence-electron chi connectivity index (χ2n) is 5.29. The third-order valence-corrected chi connectivity index (χ3v) is 4.62. The molecule has 0 unspecified atom stereocenters. The number of aliphatic hydroxyl groups is 1. The lowest BCUT2D eigenvalue weighted by molar-refractivity contribution is -0.345. The van der Waals surface area contributed by atoms with E-state index >= 15 is 0 Å². The number of nitrogens with zero attached hydrogens (tertiary/aromatic N) is 2. The molecule has 2 heterocycles. The molecule has 2 rings (SSSR count). The first-order chi connectivity index (χ1) is 11.7. The van der Waals surface area contributed by atoms with Gasteiger partial charge in [0.25, 0.3) is 0 Å². The highest BCUT2D eigenvalue weighted by atomic mass is 32.5. The summed E-state index contributed by atoms with van der Waals surface area (Å²) in [7, 11) is 1.22. The Bertz CT molecular complexity index is 712. The van der Waals surface area contributed by atoms with E-state index in [9.17, 15) is 19.7 Å². The molecule has 11 nitrogen and oxygen atoms in total. The average Bonchev–Trinajstić information content (AvgIpc) is 2.80. The number of aromatic nitrogens is 2. The first kappa shape index (κ1) is 20.4. The Hall–Kier alpha value is -0.950. The van der Waals surface area contributed by atoms with E-state index in [1.807, 2.05) is 0 Å². The Morgan fingerprint density at radius 2 is 2.24 bits per heavy atom. The standard InChI is InChI=1S/C12H20N3O8PS/c1-3-12(15-5-4-8(13)14-11(15)17)10(22-20-2)9(7(6-16)21-12)23-24(18,19)25/h4-5,7,9-10,16H,3,6H2,1-2H3,(H2,13,14,17)(H2,18,19,25)/t7-,9-,10-,12-/m1/s1. The number of nitrogen functional groups attached to an aromatic ring is 1. The molecule has 1 fully saturated rings. The summed E-state index contributed by atoms with van der Waals surface area (Å²) in [5.41, 5.74) is 3.28. The van der Waals surface area contributed by atoms with Crippen molar-refractivity contribution in [1.82, 2.24) is 9.55 Å². The number of aliphatic hydroxyl groups excluding tert-OH is 1. The van der Waals surface area contributed by atoms with Gasteiger partial charge in [-0.3, -0.25) is 9.09 Å². The van der Waals surface area contributed by atoms with E-state index in [-0.39, 0.29) is 12.2 Å². The van der Waals surface area contributed by atoms with Crippen molar-refractivity contribution in [1.29, 1.82) is 0 Å². The Morgan fingerprint density at radius 3 is 2.72 bits per heavy atom. The summed E-state index contributed by atoms with van der Waals surface area (Å²) in [4.78, 5) is 44.9. The fourth-order valence-electron chi connectivity index (χ4n) is 2.86. The molecule has 4 atom stereocenters. The van der Waals surface area contributed by atoms with E-state index in [1.165, 1.54) is 19.4 Å². The summed E-state index contributed by atoms with van der Waals surface area (Å²) in [5, 5.41) is 9.60. The van der Waals surface area contributed by atoms with Crippen molar-refractivity contribution in [2.24, 2.45) is 0 Å². The Labute approximate surface area is 148 Å². The van der Waals surface area contributed by atoms with Crippen LogP contribution in [0.4, 0.5) is 5.82 Å². The summed E-state index contributed by atoms with van der Waals surface area (Å²) in [5.74, 6) is 0.0161. The van der Waals surface area contributed by atoms with Crippen molar-refractivity contribution < 1.29 is 33.9 Å². The minimum absolute atomic E-state index is 0.0161. The largest absolute Gasteiger partial charge is 0.394 e. The summed E-state index contributed by atoms with van der Waals surface area (Å²) >= 11 is 4.50. The summed E-state index contributed by atoms with van der Waals surface area (Å²) < 4.78 is 12.0. The van der Waals surface area contributed by atoms with Gasteiger partial charge < -0.3 is 25.4 Å². The molecule has 1 aliphatic rings. The second kappa shape index (κ2) is 7.74. The Morgan fingerprint density at radius 1 is 1.56 bits per heavy atom. The van der Waals surface area contributed by atoms with Crippen LogP contribution in [0.2, 0.25) is 0 Å². The minimum Gasteiger partial charge on any atom is -0.394 e. The zero-order valence-electron chi connectivity index (χ0n) is 13.5. The molecule has 1 aliphatic heterocycles. The minimum atomic E-state index is -4.12. The van der Waals surface area contributed by atoms with Crippen LogP contribution in [0.15, 0.2) is 17.1 Å². The molecular weight excluding hydrogens is 377 g/mol. The van der Waals surface area contributed by atoms with Crippen molar-refractivity contribution in [2.75, 3.05) is 19.5 Å². The smallest absolute Gasteiger partial charge is 0.351 e. The lowest BCUT2D eigenvalue weighted by Crippen LogP contribution is -2.51. The normalized spacial score (nSPS) is 29.9. The van der Waals surface area contributed by atoms with Gasteiger partial charge in [-0.2, -0.15) is 4.98 Å². The van der Waals surface area contributed by atoms with Crippen molar-refractivity contribution in [3.63, 3.8) is 0 Å². The van der Waals surface area contributed by atoms with Crippen molar-refractivity contribution in [3.05, 3.63) is 22.7 Å². The number of nitrogens with two attached hydrogens (primary N) is 1. The number of ether oxygens (including phenoxy) is 1. The van der Waals surface area contributed by atoms with E-state index in [4.69, 9.17) is 24.8 Å². The zero-order valence-corrected chi connectivity index (χ0v) is 15.2. The molecule has 0 saturated carbocycles. The van der Waals surface area contributed by atoms with Crippen LogP contribution >= 0.6 is 6.72 Å². The quantitative estimate of drug-likeness (QED) is 0.249. The summed E-state index contributed by atoms with van der Waals surface area (Å²) in [6.07, 6.45) is -1.92. The van der Waals surface area contributed by atoms with Crippen LogP contribution in [-0.4, -0.2) is 56.5 Å². The number of hydrogen-bond donors (Lipinski definition) is 4. The molecule has 0 amide bonds. The van der Waals surface area contributed by atoms with E-state index in [0.29, 0.717) is 0 Å². The van der Waals surface area contributed by atoms with Gasteiger partial charge >= 0.3 is 12.4 Å². The molecule has 1 aromatic heterocycles. The predicted molar refractivity (Wildman–Crippen MR) is 88.6 cm³/mol. The second-order valence-corrected chi connectivity index (χ2v) is 7.91. The third-order valence-electron chi connectivity index (χ3n) is 3.84. The van der Waals surface area contributed by atoms with Crippen LogP contribution in [0.25, 0.3) is 0 Å².